The van der Waals surface area contributed by atoms with E-state index in [0.717, 1.165) is 11.1 Å². The zero-order valence-electron chi connectivity index (χ0n) is 11.8. The van der Waals surface area contributed by atoms with Crippen LogP contribution in [0.2, 0.25) is 5.02 Å². The lowest BCUT2D eigenvalue weighted by molar-refractivity contribution is 0.249. The van der Waals surface area contributed by atoms with Gasteiger partial charge in [0.05, 0.1) is 6.04 Å². The minimum absolute atomic E-state index is 0.158. The Morgan fingerprint density at radius 2 is 2.00 bits per heavy atom. The third-order valence-corrected chi connectivity index (χ3v) is 3.51. The first-order valence-electron chi connectivity index (χ1n) is 6.75. The van der Waals surface area contributed by atoms with Gasteiger partial charge in [0.25, 0.3) is 0 Å². The van der Waals surface area contributed by atoms with Crippen LogP contribution in [0.25, 0.3) is 11.0 Å². The molecule has 0 bridgehead atoms. The normalized spacial score (nSPS) is 12.1. The standard InChI is InChI=1S/C15H14ClN5O/c1-9(10-3-2-4-11(16)7-10)17-15(22)18-12-5-6-13-14(8-12)20-21-19-13/h2-9H,1H3,(H2,17,18,22)(H,19,20,21)/t9-/m0/s1. The highest BCUT2D eigenvalue weighted by Gasteiger charge is 2.10. The van der Waals surface area contributed by atoms with Crippen LogP contribution in [0.1, 0.15) is 18.5 Å². The van der Waals surface area contributed by atoms with Crippen LogP contribution >= 0.6 is 11.6 Å². The number of anilines is 1. The number of hydrogen-bond donors (Lipinski definition) is 3. The molecule has 3 N–H and O–H groups in total. The van der Waals surface area contributed by atoms with Crippen molar-refractivity contribution < 1.29 is 4.79 Å². The molecule has 112 valence electrons. The molecule has 1 aromatic heterocycles. The van der Waals surface area contributed by atoms with E-state index < -0.39 is 0 Å². The number of amides is 2. The van der Waals surface area contributed by atoms with Gasteiger partial charge in [-0.1, -0.05) is 23.7 Å². The van der Waals surface area contributed by atoms with Crippen LogP contribution in [0.5, 0.6) is 0 Å². The lowest BCUT2D eigenvalue weighted by atomic mass is 10.1. The van der Waals surface area contributed by atoms with Gasteiger partial charge in [0.15, 0.2) is 0 Å². The van der Waals surface area contributed by atoms with Crippen molar-refractivity contribution in [3.05, 3.63) is 53.1 Å². The highest BCUT2D eigenvalue weighted by molar-refractivity contribution is 6.30. The lowest BCUT2D eigenvalue weighted by Crippen LogP contribution is -2.31. The Morgan fingerprint density at radius 3 is 2.82 bits per heavy atom. The Bertz CT molecular complexity index is 816. The molecule has 3 aromatic rings. The summed E-state index contributed by atoms with van der Waals surface area (Å²) in [6, 6.07) is 12.2. The van der Waals surface area contributed by atoms with Crippen LogP contribution in [-0.2, 0) is 0 Å². The van der Waals surface area contributed by atoms with Crippen LogP contribution in [0.4, 0.5) is 10.5 Å². The molecule has 3 rings (SSSR count). The first-order valence-corrected chi connectivity index (χ1v) is 7.13. The average molecular weight is 316 g/mol. The molecule has 0 aliphatic carbocycles. The molecule has 0 aliphatic rings. The molecule has 2 amide bonds. The first-order chi connectivity index (χ1) is 10.6. The number of benzene rings is 2. The van der Waals surface area contributed by atoms with Crippen LogP contribution in [0.3, 0.4) is 0 Å². The second kappa shape index (κ2) is 6.03. The zero-order valence-corrected chi connectivity index (χ0v) is 12.6. The van der Waals surface area contributed by atoms with Crippen molar-refractivity contribution in [2.45, 2.75) is 13.0 Å². The van der Waals surface area contributed by atoms with Crippen LogP contribution in [0, 0.1) is 0 Å². The van der Waals surface area contributed by atoms with Crippen LogP contribution < -0.4 is 10.6 Å². The third kappa shape index (κ3) is 3.17. The maximum Gasteiger partial charge on any atom is 0.319 e. The van der Waals surface area contributed by atoms with Gasteiger partial charge in [0, 0.05) is 10.7 Å². The molecule has 6 nitrogen and oxygen atoms in total. The van der Waals surface area contributed by atoms with Crippen molar-refractivity contribution in [3.63, 3.8) is 0 Å². The van der Waals surface area contributed by atoms with E-state index in [9.17, 15) is 4.79 Å². The van der Waals surface area contributed by atoms with Gasteiger partial charge < -0.3 is 10.6 Å². The predicted molar refractivity (Wildman–Crippen MR) is 85.9 cm³/mol. The summed E-state index contributed by atoms with van der Waals surface area (Å²) in [6.45, 7) is 1.89. The summed E-state index contributed by atoms with van der Waals surface area (Å²) >= 11 is 5.96. The Labute approximate surface area is 131 Å². The number of aromatic nitrogens is 3. The summed E-state index contributed by atoms with van der Waals surface area (Å²) < 4.78 is 0. The molecule has 1 atom stereocenters. The number of carbonyl (C=O) groups is 1. The largest absolute Gasteiger partial charge is 0.331 e. The fourth-order valence-corrected chi connectivity index (χ4v) is 2.34. The Balaban J connectivity index is 1.66. The van der Waals surface area contributed by atoms with Gasteiger partial charge in [-0.25, -0.2) is 4.79 Å². The molecule has 0 saturated heterocycles. The molecule has 0 saturated carbocycles. The topological polar surface area (TPSA) is 82.7 Å². The molecule has 0 fully saturated rings. The van der Waals surface area contributed by atoms with Gasteiger partial charge in [-0.15, -0.1) is 0 Å². The second-order valence-corrected chi connectivity index (χ2v) is 5.34. The van der Waals surface area contributed by atoms with E-state index in [-0.39, 0.29) is 12.1 Å². The molecule has 1 heterocycles. The molecule has 7 heteroatoms. The van der Waals surface area contributed by atoms with Crippen LogP contribution in [-0.4, -0.2) is 21.4 Å². The Morgan fingerprint density at radius 1 is 1.18 bits per heavy atom. The summed E-state index contributed by atoms with van der Waals surface area (Å²) in [5.41, 5.74) is 3.03. The summed E-state index contributed by atoms with van der Waals surface area (Å²) in [5, 5.41) is 16.8. The highest BCUT2D eigenvalue weighted by atomic mass is 35.5. The van der Waals surface area contributed by atoms with Crippen molar-refractivity contribution in [2.24, 2.45) is 0 Å². The Hall–Kier alpha value is -2.60. The summed E-state index contributed by atoms with van der Waals surface area (Å²) in [7, 11) is 0. The van der Waals surface area contributed by atoms with Gasteiger partial charge in [0.2, 0.25) is 0 Å². The van der Waals surface area contributed by atoms with Crippen molar-refractivity contribution in [1.29, 1.82) is 0 Å². The summed E-state index contributed by atoms with van der Waals surface area (Å²) in [5.74, 6) is 0. The van der Waals surface area contributed by atoms with Gasteiger partial charge in [-0.2, -0.15) is 15.4 Å². The van der Waals surface area contributed by atoms with E-state index in [1.165, 1.54) is 0 Å². The number of nitrogens with one attached hydrogen (secondary N) is 3. The third-order valence-electron chi connectivity index (χ3n) is 3.27. The molecule has 0 unspecified atom stereocenters. The minimum atomic E-state index is -0.296. The summed E-state index contributed by atoms with van der Waals surface area (Å²) in [6.07, 6.45) is 0. The van der Waals surface area contributed by atoms with Gasteiger partial charge in [-0.3, -0.25) is 0 Å². The molecular formula is C15H14ClN5O. The second-order valence-electron chi connectivity index (χ2n) is 4.90. The van der Waals surface area contributed by atoms with E-state index in [1.54, 1.807) is 24.3 Å². The number of carbonyl (C=O) groups excluding carboxylic acids is 1. The molecule has 0 aliphatic heterocycles. The van der Waals surface area contributed by atoms with Crippen molar-refractivity contribution in [3.8, 4) is 0 Å². The average Bonchev–Trinajstić information content (AvgIpc) is 2.94. The van der Waals surface area contributed by atoms with Gasteiger partial charge in [0.1, 0.15) is 11.0 Å². The first kappa shape index (κ1) is 14.3. The van der Waals surface area contributed by atoms with E-state index in [4.69, 9.17) is 11.6 Å². The number of nitrogens with zero attached hydrogens (tertiary/aromatic N) is 2. The van der Waals surface area contributed by atoms with E-state index in [1.807, 2.05) is 25.1 Å². The quantitative estimate of drug-likeness (QED) is 0.692. The molecule has 0 radical (unpaired) electrons. The monoisotopic (exact) mass is 315 g/mol. The maximum atomic E-state index is 12.1. The SMILES string of the molecule is C[C@H](NC(=O)Nc1ccc2n[nH]nc2c1)c1cccc(Cl)c1. The molecule has 22 heavy (non-hydrogen) atoms. The smallest absolute Gasteiger partial charge is 0.319 e. The fourth-order valence-electron chi connectivity index (χ4n) is 2.14. The highest BCUT2D eigenvalue weighted by Crippen LogP contribution is 2.18. The molecule has 2 aromatic carbocycles. The lowest BCUT2D eigenvalue weighted by Gasteiger charge is -2.15. The number of rotatable bonds is 3. The summed E-state index contributed by atoms with van der Waals surface area (Å²) in [4.78, 5) is 12.1. The van der Waals surface area contributed by atoms with Gasteiger partial charge >= 0.3 is 6.03 Å². The van der Waals surface area contributed by atoms with Crippen molar-refractivity contribution in [1.82, 2.24) is 20.7 Å². The van der Waals surface area contributed by atoms with Crippen LogP contribution in [0.15, 0.2) is 42.5 Å². The number of aromatic amines is 1. The van der Waals surface area contributed by atoms with Crippen molar-refractivity contribution in [2.75, 3.05) is 5.32 Å². The number of fused-ring (bicyclic) bond motifs is 1. The minimum Gasteiger partial charge on any atom is -0.331 e. The van der Waals surface area contributed by atoms with Crippen molar-refractivity contribution >= 4 is 34.4 Å². The predicted octanol–water partition coefficient (Wildman–Crippen LogP) is 3.49. The Kier molecular flexibility index (Phi) is 3.93. The zero-order chi connectivity index (χ0) is 15.5. The maximum absolute atomic E-state index is 12.1. The van der Waals surface area contributed by atoms with E-state index >= 15 is 0 Å². The number of H-pyrrole nitrogens is 1. The van der Waals surface area contributed by atoms with Gasteiger partial charge in [-0.05, 0) is 42.8 Å². The number of hydrogen-bond acceptors (Lipinski definition) is 3. The van der Waals surface area contributed by atoms with E-state index in [2.05, 4.69) is 26.0 Å². The number of urea groups is 1. The van der Waals surface area contributed by atoms with E-state index in [0.29, 0.717) is 16.2 Å². The fraction of sp³-hybridized carbons (Fsp3) is 0.133. The molecular weight excluding hydrogens is 302 g/mol. The number of halogens is 1. The molecule has 0 spiro atoms.